The maximum absolute atomic E-state index is 12.6. The van der Waals surface area contributed by atoms with Gasteiger partial charge in [-0.25, -0.2) is 0 Å². The van der Waals surface area contributed by atoms with Gasteiger partial charge in [0.15, 0.2) is 5.58 Å². The van der Waals surface area contributed by atoms with Crippen molar-refractivity contribution in [3.05, 3.63) is 53.5 Å². The standard InChI is InChI=1S/C19H17F3N4O3/c20-19(21,22)17-4-1-12(10-23-17)18(27)24-13-2-3-16-14(9-13)15(25-29-16)11-26-5-7-28-8-6-26/h1-4,9-10H,5-8,11H2,(H,24,27). The average Bonchev–Trinajstić information content (AvgIpc) is 3.10. The fourth-order valence-corrected chi connectivity index (χ4v) is 3.05. The summed E-state index contributed by atoms with van der Waals surface area (Å²) in [5.41, 5.74) is 0.787. The van der Waals surface area contributed by atoms with Gasteiger partial charge in [0.2, 0.25) is 0 Å². The molecule has 1 amide bonds. The van der Waals surface area contributed by atoms with E-state index in [4.69, 9.17) is 9.26 Å². The summed E-state index contributed by atoms with van der Waals surface area (Å²) >= 11 is 0. The van der Waals surface area contributed by atoms with Gasteiger partial charge in [0.05, 0.1) is 18.8 Å². The molecule has 29 heavy (non-hydrogen) atoms. The van der Waals surface area contributed by atoms with E-state index in [1.165, 1.54) is 0 Å². The Hall–Kier alpha value is -2.98. The summed E-state index contributed by atoms with van der Waals surface area (Å²) in [6.07, 6.45) is -3.65. The Bertz CT molecular complexity index is 1010. The highest BCUT2D eigenvalue weighted by Crippen LogP contribution is 2.28. The number of pyridine rings is 1. The number of hydrogen-bond acceptors (Lipinski definition) is 6. The molecule has 0 atom stereocenters. The fourth-order valence-electron chi connectivity index (χ4n) is 3.05. The van der Waals surface area contributed by atoms with E-state index >= 15 is 0 Å². The molecule has 1 N–H and O–H groups in total. The molecule has 7 nitrogen and oxygen atoms in total. The van der Waals surface area contributed by atoms with E-state index in [9.17, 15) is 18.0 Å². The quantitative estimate of drug-likeness (QED) is 0.716. The molecule has 1 aliphatic heterocycles. The molecule has 1 saturated heterocycles. The van der Waals surface area contributed by atoms with Crippen LogP contribution in [0.5, 0.6) is 0 Å². The van der Waals surface area contributed by atoms with E-state index in [-0.39, 0.29) is 5.56 Å². The van der Waals surface area contributed by atoms with Gasteiger partial charge >= 0.3 is 6.18 Å². The molecule has 0 radical (unpaired) electrons. The fraction of sp³-hybridized carbons (Fsp3) is 0.316. The number of alkyl halides is 3. The minimum Gasteiger partial charge on any atom is -0.379 e. The van der Waals surface area contributed by atoms with Gasteiger partial charge in [-0.3, -0.25) is 14.7 Å². The van der Waals surface area contributed by atoms with Crippen molar-refractivity contribution in [3.63, 3.8) is 0 Å². The molecular formula is C19H17F3N4O3. The molecule has 0 spiro atoms. The molecule has 3 heterocycles. The Balaban J connectivity index is 1.50. The van der Waals surface area contributed by atoms with Crippen LogP contribution in [0.25, 0.3) is 11.0 Å². The predicted octanol–water partition coefficient (Wildman–Crippen LogP) is 3.33. The molecule has 1 fully saturated rings. The largest absolute Gasteiger partial charge is 0.433 e. The van der Waals surface area contributed by atoms with Gasteiger partial charge < -0.3 is 14.6 Å². The summed E-state index contributed by atoms with van der Waals surface area (Å²) in [6, 6.07) is 6.93. The molecule has 1 aromatic carbocycles. The normalized spacial score (nSPS) is 15.6. The van der Waals surface area contributed by atoms with Crippen molar-refractivity contribution in [2.24, 2.45) is 0 Å². The zero-order valence-corrected chi connectivity index (χ0v) is 15.2. The van der Waals surface area contributed by atoms with Crippen LogP contribution >= 0.6 is 0 Å². The molecule has 0 aliphatic carbocycles. The second kappa shape index (κ2) is 7.80. The van der Waals surface area contributed by atoms with E-state index in [1.807, 2.05) is 0 Å². The van der Waals surface area contributed by atoms with E-state index in [2.05, 4.69) is 20.4 Å². The van der Waals surface area contributed by atoms with Crippen molar-refractivity contribution in [2.45, 2.75) is 12.7 Å². The number of nitrogens with one attached hydrogen (secondary N) is 1. The molecule has 2 aromatic heterocycles. The third-order valence-corrected chi connectivity index (χ3v) is 4.60. The second-order valence-corrected chi connectivity index (χ2v) is 6.61. The summed E-state index contributed by atoms with van der Waals surface area (Å²) in [7, 11) is 0. The monoisotopic (exact) mass is 406 g/mol. The Morgan fingerprint density at radius 1 is 1.17 bits per heavy atom. The van der Waals surface area contributed by atoms with Gasteiger partial charge in [0, 0.05) is 36.9 Å². The number of nitrogens with zero attached hydrogens (tertiary/aromatic N) is 3. The van der Waals surface area contributed by atoms with Crippen LogP contribution in [0.2, 0.25) is 0 Å². The summed E-state index contributed by atoms with van der Waals surface area (Å²) in [4.78, 5) is 17.9. The number of ether oxygens (including phenoxy) is 1. The van der Waals surface area contributed by atoms with Crippen LogP contribution in [0.15, 0.2) is 41.1 Å². The van der Waals surface area contributed by atoms with E-state index in [0.717, 1.165) is 42.5 Å². The number of aromatic nitrogens is 2. The number of fused-ring (bicyclic) bond motifs is 1. The Labute approximate surface area is 163 Å². The highest BCUT2D eigenvalue weighted by atomic mass is 19.4. The highest BCUT2D eigenvalue weighted by Gasteiger charge is 2.32. The summed E-state index contributed by atoms with van der Waals surface area (Å²) in [6.45, 7) is 3.52. The average molecular weight is 406 g/mol. The Kier molecular flexibility index (Phi) is 5.20. The van der Waals surface area contributed by atoms with Crippen molar-refractivity contribution in [2.75, 3.05) is 31.6 Å². The second-order valence-electron chi connectivity index (χ2n) is 6.61. The van der Waals surface area contributed by atoms with Crippen LogP contribution in [-0.4, -0.2) is 47.3 Å². The molecule has 1 aliphatic rings. The van der Waals surface area contributed by atoms with E-state index in [1.54, 1.807) is 18.2 Å². The summed E-state index contributed by atoms with van der Waals surface area (Å²) in [5.74, 6) is -0.559. The molecule has 4 rings (SSSR count). The zero-order valence-electron chi connectivity index (χ0n) is 15.2. The van der Waals surface area contributed by atoms with Gasteiger partial charge in [0.1, 0.15) is 11.4 Å². The summed E-state index contributed by atoms with van der Waals surface area (Å²) in [5, 5.41) is 7.54. The van der Waals surface area contributed by atoms with Crippen LogP contribution in [0.1, 0.15) is 21.7 Å². The highest BCUT2D eigenvalue weighted by molar-refractivity contribution is 6.04. The number of hydrogen-bond donors (Lipinski definition) is 1. The number of benzene rings is 1. The third-order valence-electron chi connectivity index (χ3n) is 4.60. The van der Waals surface area contributed by atoms with Crippen molar-refractivity contribution >= 4 is 22.6 Å². The lowest BCUT2D eigenvalue weighted by Gasteiger charge is -2.25. The number of amides is 1. The van der Waals surface area contributed by atoms with Crippen molar-refractivity contribution in [1.82, 2.24) is 15.0 Å². The summed E-state index contributed by atoms with van der Waals surface area (Å²) < 4.78 is 48.5. The van der Waals surface area contributed by atoms with Gasteiger partial charge in [-0.05, 0) is 30.3 Å². The van der Waals surface area contributed by atoms with Crippen molar-refractivity contribution in [1.29, 1.82) is 0 Å². The predicted molar refractivity (Wildman–Crippen MR) is 97.3 cm³/mol. The number of anilines is 1. The topological polar surface area (TPSA) is 80.5 Å². The first-order chi connectivity index (χ1) is 13.9. The number of rotatable bonds is 4. The van der Waals surface area contributed by atoms with Crippen molar-refractivity contribution in [3.8, 4) is 0 Å². The molecular weight excluding hydrogens is 389 g/mol. The van der Waals surface area contributed by atoms with Gasteiger partial charge in [-0.15, -0.1) is 0 Å². The van der Waals surface area contributed by atoms with Crippen LogP contribution in [0, 0.1) is 0 Å². The van der Waals surface area contributed by atoms with Gasteiger partial charge in [-0.1, -0.05) is 5.16 Å². The van der Waals surface area contributed by atoms with Crippen LogP contribution in [-0.2, 0) is 17.5 Å². The minimum atomic E-state index is -4.55. The molecule has 152 valence electrons. The Morgan fingerprint density at radius 3 is 2.66 bits per heavy atom. The maximum Gasteiger partial charge on any atom is 0.433 e. The number of carbonyl (C=O) groups excluding carboxylic acids is 1. The van der Waals surface area contributed by atoms with Gasteiger partial charge in [0.25, 0.3) is 5.91 Å². The SMILES string of the molecule is O=C(Nc1ccc2onc(CN3CCOCC3)c2c1)c1ccc(C(F)(F)F)nc1. The number of halogens is 3. The third kappa shape index (κ3) is 4.38. The lowest BCUT2D eigenvalue weighted by molar-refractivity contribution is -0.141. The molecule has 0 bridgehead atoms. The molecule has 0 unspecified atom stereocenters. The smallest absolute Gasteiger partial charge is 0.379 e. The van der Waals surface area contributed by atoms with Gasteiger partial charge in [-0.2, -0.15) is 13.2 Å². The number of carbonyl (C=O) groups is 1. The zero-order chi connectivity index (χ0) is 20.4. The first-order valence-corrected chi connectivity index (χ1v) is 8.93. The molecule has 10 heteroatoms. The minimum absolute atomic E-state index is 0.0250. The lowest BCUT2D eigenvalue weighted by atomic mass is 10.1. The first-order valence-electron chi connectivity index (χ1n) is 8.93. The van der Waals surface area contributed by atoms with E-state index < -0.39 is 17.8 Å². The first kappa shape index (κ1) is 19.3. The molecule has 0 saturated carbocycles. The lowest BCUT2D eigenvalue weighted by Crippen LogP contribution is -2.35. The van der Waals surface area contributed by atoms with Crippen LogP contribution in [0.3, 0.4) is 0 Å². The van der Waals surface area contributed by atoms with E-state index in [0.29, 0.717) is 31.0 Å². The maximum atomic E-state index is 12.6. The van der Waals surface area contributed by atoms with Crippen LogP contribution < -0.4 is 5.32 Å². The van der Waals surface area contributed by atoms with Crippen molar-refractivity contribution < 1.29 is 27.2 Å². The number of morpholine rings is 1. The van der Waals surface area contributed by atoms with Crippen LogP contribution in [0.4, 0.5) is 18.9 Å². The Morgan fingerprint density at radius 2 is 1.97 bits per heavy atom. The molecule has 3 aromatic rings.